The summed E-state index contributed by atoms with van der Waals surface area (Å²) < 4.78 is 65.2. The quantitative estimate of drug-likeness (QED) is 0.291. The third kappa shape index (κ3) is 3.59. The number of hydrogen-bond acceptors (Lipinski definition) is 1. The van der Waals surface area contributed by atoms with Crippen LogP contribution in [-0.4, -0.2) is 17.8 Å². The fraction of sp³-hybridized carbons (Fsp3) is 0.417. The molecule has 20 heavy (non-hydrogen) atoms. The smallest absolute Gasteiger partial charge is 0.257 e. The van der Waals surface area contributed by atoms with Gasteiger partial charge in [-0.1, -0.05) is 0 Å². The number of nitrogens with one attached hydrogen (secondary N) is 1. The van der Waals surface area contributed by atoms with E-state index in [0.29, 0.717) is 12.8 Å². The molecule has 1 aromatic carbocycles. The van der Waals surface area contributed by atoms with Crippen LogP contribution in [0.5, 0.6) is 0 Å². The van der Waals surface area contributed by atoms with Gasteiger partial charge in [-0.15, -0.1) is 11.6 Å². The van der Waals surface area contributed by atoms with Gasteiger partial charge in [0.05, 0.1) is 0 Å². The van der Waals surface area contributed by atoms with Gasteiger partial charge >= 0.3 is 0 Å². The van der Waals surface area contributed by atoms with Gasteiger partial charge in [-0.25, -0.2) is 22.0 Å². The molecule has 8 heteroatoms. The van der Waals surface area contributed by atoms with Gasteiger partial charge < -0.3 is 5.32 Å². The highest BCUT2D eigenvalue weighted by Gasteiger charge is 2.29. The van der Waals surface area contributed by atoms with Crippen molar-refractivity contribution < 1.29 is 26.7 Å². The van der Waals surface area contributed by atoms with Crippen molar-refractivity contribution in [2.75, 3.05) is 6.54 Å². The molecule has 0 aliphatic heterocycles. The van der Waals surface area contributed by atoms with Crippen LogP contribution in [0.1, 0.15) is 30.1 Å². The molecule has 0 aliphatic rings. The Morgan fingerprint density at radius 3 is 1.95 bits per heavy atom. The van der Waals surface area contributed by atoms with Crippen molar-refractivity contribution in [1.82, 2.24) is 5.32 Å². The van der Waals surface area contributed by atoms with Crippen molar-refractivity contribution in [3.05, 3.63) is 34.6 Å². The maximum absolute atomic E-state index is 13.3. The SMILES string of the molecule is CC(Cl)CCCNC(=O)c1c(F)c(F)c(F)c(F)c1F. The topological polar surface area (TPSA) is 29.1 Å². The summed E-state index contributed by atoms with van der Waals surface area (Å²) in [6.07, 6.45) is 0.935. The first-order valence-corrected chi connectivity index (χ1v) is 6.14. The Morgan fingerprint density at radius 1 is 1.05 bits per heavy atom. The highest BCUT2D eigenvalue weighted by molar-refractivity contribution is 6.20. The molecule has 0 spiro atoms. The summed E-state index contributed by atoms with van der Waals surface area (Å²) in [4.78, 5) is 11.5. The van der Waals surface area contributed by atoms with Crippen LogP contribution >= 0.6 is 11.6 Å². The summed E-state index contributed by atoms with van der Waals surface area (Å²) in [6, 6.07) is 0. The molecule has 0 aliphatic carbocycles. The number of alkyl halides is 1. The fourth-order valence-corrected chi connectivity index (χ4v) is 1.63. The summed E-state index contributed by atoms with van der Waals surface area (Å²) in [5, 5.41) is 1.92. The second-order valence-electron chi connectivity index (χ2n) is 4.12. The lowest BCUT2D eigenvalue weighted by Crippen LogP contribution is -2.28. The molecule has 0 saturated carbocycles. The molecule has 1 aromatic rings. The molecule has 1 rings (SSSR count). The summed E-state index contributed by atoms with van der Waals surface area (Å²) in [5.41, 5.74) is -1.49. The zero-order chi connectivity index (χ0) is 15.4. The average Bonchev–Trinajstić information content (AvgIpc) is 2.39. The van der Waals surface area contributed by atoms with E-state index in [4.69, 9.17) is 11.6 Å². The minimum absolute atomic E-state index is 0.00931. The number of amides is 1. The number of rotatable bonds is 5. The minimum Gasteiger partial charge on any atom is -0.352 e. The van der Waals surface area contributed by atoms with E-state index in [1.807, 2.05) is 0 Å². The number of carbonyl (C=O) groups excluding carboxylic acids is 1. The van der Waals surface area contributed by atoms with E-state index in [-0.39, 0.29) is 11.9 Å². The monoisotopic (exact) mass is 315 g/mol. The molecule has 0 radical (unpaired) electrons. The normalized spacial score (nSPS) is 12.3. The Hall–Kier alpha value is -1.37. The summed E-state index contributed by atoms with van der Waals surface area (Å²) in [5.74, 6) is -12.3. The average molecular weight is 316 g/mol. The van der Waals surface area contributed by atoms with Gasteiger partial charge in [0.1, 0.15) is 5.56 Å². The van der Waals surface area contributed by atoms with Crippen molar-refractivity contribution in [3.8, 4) is 0 Å². The molecular weight excluding hydrogens is 305 g/mol. The molecule has 1 unspecified atom stereocenters. The lowest BCUT2D eigenvalue weighted by molar-refractivity contribution is 0.0941. The van der Waals surface area contributed by atoms with Crippen LogP contribution in [0.15, 0.2) is 0 Å². The predicted molar refractivity (Wildman–Crippen MR) is 63.1 cm³/mol. The molecule has 0 fully saturated rings. The van der Waals surface area contributed by atoms with E-state index in [0.717, 1.165) is 0 Å². The molecule has 0 aromatic heterocycles. The number of carbonyl (C=O) groups is 1. The first-order chi connectivity index (χ1) is 9.27. The van der Waals surface area contributed by atoms with Crippen LogP contribution in [0.2, 0.25) is 0 Å². The zero-order valence-electron chi connectivity index (χ0n) is 10.4. The van der Waals surface area contributed by atoms with Gasteiger partial charge in [-0.05, 0) is 19.8 Å². The maximum Gasteiger partial charge on any atom is 0.257 e. The van der Waals surface area contributed by atoms with Crippen molar-refractivity contribution in [2.24, 2.45) is 0 Å². The van der Waals surface area contributed by atoms with Crippen LogP contribution in [0.3, 0.4) is 0 Å². The van der Waals surface area contributed by atoms with E-state index < -0.39 is 40.6 Å². The highest BCUT2D eigenvalue weighted by atomic mass is 35.5. The lowest BCUT2D eigenvalue weighted by Gasteiger charge is -2.09. The van der Waals surface area contributed by atoms with Gasteiger partial charge in [0.2, 0.25) is 5.82 Å². The number of halogens is 6. The first kappa shape index (κ1) is 16.7. The van der Waals surface area contributed by atoms with E-state index in [9.17, 15) is 26.7 Å². The highest BCUT2D eigenvalue weighted by Crippen LogP contribution is 2.22. The van der Waals surface area contributed by atoms with Crippen molar-refractivity contribution in [2.45, 2.75) is 25.1 Å². The molecule has 1 atom stereocenters. The van der Waals surface area contributed by atoms with Crippen LogP contribution in [-0.2, 0) is 0 Å². The Balaban J connectivity index is 2.89. The van der Waals surface area contributed by atoms with Crippen molar-refractivity contribution >= 4 is 17.5 Å². The second kappa shape index (κ2) is 6.88. The van der Waals surface area contributed by atoms with E-state index in [1.165, 1.54) is 0 Å². The standard InChI is InChI=1S/C12H11ClF5NO/c1-5(13)3-2-4-19-12(20)6-7(14)9(16)11(18)10(17)8(6)15/h5H,2-4H2,1H3,(H,19,20). The van der Waals surface area contributed by atoms with Crippen LogP contribution < -0.4 is 5.32 Å². The van der Waals surface area contributed by atoms with E-state index in [2.05, 4.69) is 5.32 Å². The molecule has 0 bridgehead atoms. The van der Waals surface area contributed by atoms with Gasteiger partial charge in [0.25, 0.3) is 5.91 Å². The molecule has 1 amide bonds. The Morgan fingerprint density at radius 2 is 1.50 bits per heavy atom. The third-order valence-electron chi connectivity index (χ3n) is 2.50. The molecule has 112 valence electrons. The fourth-order valence-electron chi connectivity index (χ4n) is 1.48. The Labute approximate surface area is 116 Å². The number of hydrogen-bond donors (Lipinski definition) is 1. The van der Waals surface area contributed by atoms with Crippen molar-refractivity contribution in [3.63, 3.8) is 0 Å². The van der Waals surface area contributed by atoms with Crippen LogP contribution in [0.25, 0.3) is 0 Å². The van der Waals surface area contributed by atoms with Gasteiger partial charge in [0, 0.05) is 11.9 Å². The zero-order valence-corrected chi connectivity index (χ0v) is 11.1. The molecule has 1 N–H and O–H groups in total. The van der Waals surface area contributed by atoms with Crippen LogP contribution in [0, 0.1) is 29.1 Å². The minimum atomic E-state index is -2.30. The summed E-state index contributed by atoms with van der Waals surface area (Å²) in [7, 11) is 0. The molecular formula is C12H11ClF5NO. The molecule has 0 saturated heterocycles. The van der Waals surface area contributed by atoms with Gasteiger partial charge in [0.15, 0.2) is 23.3 Å². The number of benzene rings is 1. The molecule has 2 nitrogen and oxygen atoms in total. The predicted octanol–water partition coefficient (Wildman–Crippen LogP) is 3.52. The third-order valence-corrected chi connectivity index (χ3v) is 2.72. The largest absolute Gasteiger partial charge is 0.352 e. The molecule has 0 heterocycles. The van der Waals surface area contributed by atoms with E-state index in [1.54, 1.807) is 6.92 Å². The van der Waals surface area contributed by atoms with E-state index >= 15 is 0 Å². The summed E-state index contributed by atoms with van der Waals surface area (Å²) in [6.45, 7) is 1.73. The van der Waals surface area contributed by atoms with Gasteiger partial charge in [-0.2, -0.15) is 0 Å². The lowest BCUT2D eigenvalue weighted by atomic mass is 10.1. The first-order valence-electron chi connectivity index (χ1n) is 5.71. The maximum atomic E-state index is 13.3. The second-order valence-corrected chi connectivity index (χ2v) is 4.87. The summed E-state index contributed by atoms with van der Waals surface area (Å²) >= 11 is 5.65. The van der Waals surface area contributed by atoms with Gasteiger partial charge in [-0.3, -0.25) is 4.79 Å². The van der Waals surface area contributed by atoms with Crippen molar-refractivity contribution in [1.29, 1.82) is 0 Å². The Kier molecular flexibility index (Phi) is 5.74. The van der Waals surface area contributed by atoms with Crippen LogP contribution in [0.4, 0.5) is 22.0 Å². The Bertz CT molecular complexity index is 492.